The van der Waals surface area contributed by atoms with Crippen molar-refractivity contribution >= 4 is 34.7 Å². The Kier molecular flexibility index (Phi) is 7.63. The molecule has 0 fully saturated rings. The molecule has 1 aromatic heterocycles. The molecule has 0 N–H and O–H groups in total. The lowest BCUT2D eigenvalue weighted by atomic mass is 9.92. The summed E-state index contributed by atoms with van der Waals surface area (Å²) < 4.78 is 86.5. The summed E-state index contributed by atoms with van der Waals surface area (Å²) in [6, 6.07) is 10.8. The number of esters is 2. The van der Waals surface area contributed by atoms with Crippen molar-refractivity contribution in [3.63, 3.8) is 0 Å². The Bertz CT molecular complexity index is 1410. The monoisotopic (exact) mass is 570 g/mol. The second kappa shape index (κ2) is 10.7. The molecule has 2 amide bonds. The Labute approximate surface area is 222 Å². The lowest BCUT2D eigenvalue weighted by molar-refractivity contribution is -0.199. The minimum atomic E-state index is -5.01. The van der Waals surface area contributed by atoms with Crippen LogP contribution in [-0.2, 0) is 26.1 Å². The maximum atomic E-state index is 13.4. The van der Waals surface area contributed by atoms with Crippen LogP contribution >= 0.6 is 0 Å². The molecule has 0 saturated heterocycles. The number of hydrogen-bond acceptors (Lipinski definition) is 6. The molecule has 0 bridgehead atoms. The highest BCUT2D eigenvalue weighted by atomic mass is 19.4. The molecule has 2 heterocycles. The quantitative estimate of drug-likeness (QED) is 0.168. The molecule has 0 saturated carbocycles. The molecular formula is C26H20F6N2O6. The first kappa shape index (κ1) is 28.6. The van der Waals surface area contributed by atoms with E-state index in [1.165, 1.54) is 30.5 Å². The van der Waals surface area contributed by atoms with Crippen LogP contribution in [0.2, 0.25) is 0 Å². The number of aromatic nitrogens is 1. The van der Waals surface area contributed by atoms with Gasteiger partial charge in [0.15, 0.2) is 19.1 Å². The minimum absolute atomic E-state index is 0.00594. The van der Waals surface area contributed by atoms with Crippen molar-refractivity contribution in [1.82, 2.24) is 9.47 Å². The van der Waals surface area contributed by atoms with Gasteiger partial charge in [0.25, 0.3) is 11.8 Å². The van der Waals surface area contributed by atoms with Gasteiger partial charge in [-0.2, -0.15) is 26.3 Å². The van der Waals surface area contributed by atoms with Crippen LogP contribution in [-0.4, -0.2) is 58.8 Å². The molecule has 0 spiro atoms. The predicted octanol–water partition coefficient (Wildman–Crippen LogP) is 4.73. The van der Waals surface area contributed by atoms with Gasteiger partial charge in [-0.1, -0.05) is 30.3 Å². The van der Waals surface area contributed by atoms with Crippen molar-refractivity contribution in [2.45, 2.75) is 24.8 Å². The van der Waals surface area contributed by atoms with E-state index >= 15 is 0 Å². The van der Waals surface area contributed by atoms with E-state index in [2.05, 4.69) is 9.47 Å². The molecule has 4 rings (SSSR count). The normalized spacial score (nSPS) is 14.6. The van der Waals surface area contributed by atoms with E-state index in [-0.39, 0.29) is 16.7 Å². The van der Waals surface area contributed by atoms with Crippen molar-refractivity contribution in [1.29, 1.82) is 0 Å². The molecule has 1 aliphatic rings. The standard InChI is InChI=1S/C26H20F6N2O6/c1-33-11-18(14-6-4-5-9-19(14)33)20(34-21(35)15-7-2-3-8-16(15)22(34)36)10-17(23(37)39-12-25(27,28)29)24(38)40-13-26(30,31)32/h2-9,11,17,20H,10,12-13H2,1H3. The highest BCUT2D eigenvalue weighted by Crippen LogP contribution is 2.39. The number of imide groups is 1. The average Bonchev–Trinajstić information content (AvgIpc) is 3.35. The molecule has 8 nitrogen and oxygen atoms in total. The first-order valence-electron chi connectivity index (χ1n) is 11.7. The highest BCUT2D eigenvalue weighted by Gasteiger charge is 2.46. The summed E-state index contributed by atoms with van der Waals surface area (Å²) >= 11 is 0. The number of halogens is 6. The summed E-state index contributed by atoms with van der Waals surface area (Å²) in [6.45, 7) is -4.25. The molecule has 0 radical (unpaired) electrons. The van der Waals surface area contributed by atoms with E-state index in [1.54, 1.807) is 35.9 Å². The number of aryl methyl sites for hydroxylation is 1. The molecule has 2 aromatic carbocycles. The highest BCUT2D eigenvalue weighted by molar-refractivity contribution is 6.21. The molecule has 1 aliphatic heterocycles. The third-order valence-corrected chi connectivity index (χ3v) is 6.21. The number of para-hydroxylation sites is 1. The van der Waals surface area contributed by atoms with Crippen LogP contribution in [0.1, 0.15) is 38.7 Å². The van der Waals surface area contributed by atoms with Crippen LogP contribution in [0.5, 0.6) is 0 Å². The Balaban J connectivity index is 1.80. The zero-order valence-corrected chi connectivity index (χ0v) is 20.6. The molecule has 3 aromatic rings. The molecule has 1 unspecified atom stereocenters. The van der Waals surface area contributed by atoms with Crippen molar-refractivity contribution in [2.75, 3.05) is 13.2 Å². The fraction of sp³-hybridized carbons (Fsp3) is 0.308. The summed E-state index contributed by atoms with van der Waals surface area (Å²) in [5, 5.41) is 0.456. The first-order chi connectivity index (χ1) is 18.7. The van der Waals surface area contributed by atoms with E-state index in [4.69, 9.17) is 0 Å². The predicted molar refractivity (Wildman–Crippen MR) is 125 cm³/mol. The number of benzene rings is 2. The lowest BCUT2D eigenvalue weighted by Gasteiger charge is -2.28. The SMILES string of the molecule is Cn1cc(C(CC(C(=O)OCC(F)(F)F)C(=O)OCC(F)(F)F)N2C(=O)c3ccccc3C2=O)c2ccccc21. The maximum Gasteiger partial charge on any atom is 0.422 e. The number of nitrogens with zero attached hydrogens (tertiary/aromatic N) is 2. The minimum Gasteiger partial charge on any atom is -0.455 e. The second-order valence-electron chi connectivity index (χ2n) is 8.99. The fourth-order valence-electron chi connectivity index (χ4n) is 4.52. The van der Waals surface area contributed by atoms with Gasteiger partial charge >= 0.3 is 24.3 Å². The smallest absolute Gasteiger partial charge is 0.422 e. The van der Waals surface area contributed by atoms with Gasteiger partial charge < -0.3 is 14.0 Å². The Hall–Kier alpha value is -4.36. The van der Waals surface area contributed by atoms with Gasteiger partial charge in [-0.05, 0) is 24.6 Å². The topological polar surface area (TPSA) is 94.9 Å². The molecule has 40 heavy (non-hydrogen) atoms. The molecular weight excluding hydrogens is 550 g/mol. The van der Waals surface area contributed by atoms with E-state index < -0.39 is 67.7 Å². The van der Waals surface area contributed by atoms with Gasteiger partial charge in [0.05, 0.1) is 17.2 Å². The zero-order valence-electron chi connectivity index (χ0n) is 20.6. The summed E-state index contributed by atoms with van der Waals surface area (Å²) in [6.07, 6.45) is -9.44. The van der Waals surface area contributed by atoms with Gasteiger partial charge in [-0.3, -0.25) is 24.1 Å². The lowest BCUT2D eigenvalue weighted by Crippen LogP contribution is -2.39. The number of carbonyl (C=O) groups is 4. The van der Waals surface area contributed by atoms with E-state index in [9.17, 15) is 45.5 Å². The third kappa shape index (κ3) is 5.95. The average molecular weight is 570 g/mol. The van der Waals surface area contributed by atoms with Gasteiger partial charge in [0.2, 0.25) is 0 Å². The summed E-state index contributed by atoms with van der Waals surface area (Å²) in [7, 11) is 1.62. The van der Waals surface area contributed by atoms with Crippen LogP contribution in [0, 0.1) is 5.92 Å². The molecule has 14 heteroatoms. The van der Waals surface area contributed by atoms with Gasteiger partial charge in [0.1, 0.15) is 0 Å². The van der Waals surface area contributed by atoms with Crippen LogP contribution < -0.4 is 0 Å². The van der Waals surface area contributed by atoms with Crippen LogP contribution in [0.25, 0.3) is 10.9 Å². The second-order valence-corrected chi connectivity index (χ2v) is 8.99. The molecule has 0 aliphatic carbocycles. The van der Waals surface area contributed by atoms with Crippen molar-refractivity contribution in [2.24, 2.45) is 13.0 Å². The molecule has 1 atom stereocenters. The van der Waals surface area contributed by atoms with Crippen molar-refractivity contribution < 1.29 is 55.0 Å². The Morgan fingerprint density at radius 2 is 1.27 bits per heavy atom. The van der Waals surface area contributed by atoms with Crippen LogP contribution in [0.15, 0.2) is 54.7 Å². The Morgan fingerprint density at radius 1 is 0.800 bits per heavy atom. The van der Waals surface area contributed by atoms with Crippen molar-refractivity contribution in [3.8, 4) is 0 Å². The number of alkyl halides is 6. The fourth-order valence-corrected chi connectivity index (χ4v) is 4.52. The number of ether oxygens (including phenoxy) is 2. The number of hydrogen-bond donors (Lipinski definition) is 0. The number of amides is 2. The van der Waals surface area contributed by atoms with Gasteiger partial charge in [0, 0.05) is 29.7 Å². The largest absolute Gasteiger partial charge is 0.455 e. The van der Waals surface area contributed by atoms with Gasteiger partial charge in [-0.15, -0.1) is 0 Å². The number of rotatable bonds is 8. The summed E-state index contributed by atoms with van der Waals surface area (Å²) in [5.74, 6) is -7.66. The van der Waals surface area contributed by atoms with E-state index in [1.807, 2.05) is 0 Å². The van der Waals surface area contributed by atoms with Crippen LogP contribution in [0.4, 0.5) is 26.3 Å². The number of carbonyl (C=O) groups excluding carboxylic acids is 4. The Morgan fingerprint density at radius 3 is 1.77 bits per heavy atom. The zero-order chi connectivity index (χ0) is 29.4. The van der Waals surface area contributed by atoms with Gasteiger partial charge in [-0.25, -0.2) is 0 Å². The first-order valence-corrected chi connectivity index (χ1v) is 11.7. The summed E-state index contributed by atoms with van der Waals surface area (Å²) in [4.78, 5) is 52.8. The van der Waals surface area contributed by atoms with Crippen molar-refractivity contribution in [3.05, 3.63) is 71.4 Å². The molecule has 212 valence electrons. The van der Waals surface area contributed by atoms with E-state index in [0.717, 1.165) is 4.90 Å². The summed E-state index contributed by atoms with van der Waals surface area (Å²) in [5.41, 5.74) is 0.793. The van der Waals surface area contributed by atoms with E-state index in [0.29, 0.717) is 10.9 Å². The third-order valence-electron chi connectivity index (χ3n) is 6.21. The number of fused-ring (bicyclic) bond motifs is 2. The maximum absolute atomic E-state index is 13.4. The van der Waals surface area contributed by atoms with Crippen LogP contribution in [0.3, 0.4) is 0 Å².